The minimum atomic E-state index is -4.66. The number of likely N-dealkylation sites (N-methyl/N-ethyl adjacent to an activating group) is 1. The van der Waals surface area contributed by atoms with Crippen LogP contribution in [0.1, 0.15) is 93.1 Å². The molecule has 0 N–H and O–H groups in total. The summed E-state index contributed by atoms with van der Waals surface area (Å²) < 4.78 is 63.9. The summed E-state index contributed by atoms with van der Waals surface area (Å²) in [7, 11) is 1.88. The van der Waals surface area contributed by atoms with Gasteiger partial charge in [-0.05, 0) is 108 Å². The number of nitrogens with zero attached hydrogens (tertiary/aromatic N) is 3. The lowest BCUT2D eigenvalue weighted by Gasteiger charge is -2.42. The maximum Gasteiger partial charge on any atom is 0.522 e. The molecule has 256 valence electrons. The molecular weight excluding hydrogens is 622 g/mol. The molecule has 0 amide bonds. The number of carbonyl (C=O) groups is 1. The summed E-state index contributed by atoms with van der Waals surface area (Å²) in [6, 6.07) is 9.93. The predicted octanol–water partition coefficient (Wildman–Crippen LogP) is 8.04. The van der Waals surface area contributed by atoms with Gasteiger partial charge in [0.15, 0.2) is 0 Å². The van der Waals surface area contributed by atoms with E-state index >= 15 is 4.39 Å². The lowest BCUT2D eigenvalue weighted by Crippen LogP contribution is -2.50. The van der Waals surface area contributed by atoms with Gasteiger partial charge in [-0.3, -0.25) is 19.4 Å². The van der Waals surface area contributed by atoms with Gasteiger partial charge in [0.1, 0.15) is 11.9 Å². The van der Waals surface area contributed by atoms with Gasteiger partial charge in [-0.1, -0.05) is 29.8 Å². The normalized spacial score (nSPS) is 21.5. The maximum absolute atomic E-state index is 15.3. The zero-order valence-corrected chi connectivity index (χ0v) is 28.3. The Labute approximate surface area is 276 Å². The molecule has 2 aliphatic rings. The van der Waals surface area contributed by atoms with Crippen molar-refractivity contribution in [2.24, 2.45) is 0 Å². The fourth-order valence-corrected chi connectivity index (χ4v) is 7.43. The van der Waals surface area contributed by atoms with Gasteiger partial charge >= 0.3 is 12.3 Å². The Morgan fingerprint density at radius 2 is 1.67 bits per heavy atom. The number of halogens is 5. The highest BCUT2D eigenvalue weighted by Gasteiger charge is 2.38. The molecule has 11 heteroatoms. The van der Waals surface area contributed by atoms with Crippen LogP contribution in [0, 0.1) is 12.7 Å². The van der Waals surface area contributed by atoms with Gasteiger partial charge in [0, 0.05) is 55.4 Å². The lowest BCUT2D eigenvalue weighted by atomic mass is 9.77. The summed E-state index contributed by atoms with van der Waals surface area (Å²) in [4.78, 5) is 20.3. The molecule has 4 rings (SSSR count). The van der Waals surface area contributed by atoms with E-state index in [2.05, 4.69) is 28.4 Å². The van der Waals surface area contributed by atoms with Crippen LogP contribution >= 0.6 is 11.6 Å². The number of alkyl halides is 3. The Hall–Kier alpha value is -2.24. The zero-order chi connectivity index (χ0) is 33.6. The molecule has 1 unspecified atom stereocenters. The predicted molar refractivity (Wildman–Crippen MR) is 172 cm³/mol. The van der Waals surface area contributed by atoms with E-state index in [0.29, 0.717) is 42.4 Å². The second-order valence-corrected chi connectivity index (χ2v) is 13.3. The Morgan fingerprint density at radius 1 is 1.02 bits per heavy atom. The number of ether oxygens (including phenoxy) is 2. The molecule has 2 atom stereocenters. The number of piperazine rings is 1. The Morgan fingerprint density at radius 3 is 2.28 bits per heavy atom. The van der Waals surface area contributed by atoms with Crippen LogP contribution in [0.25, 0.3) is 0 Å². The third-order valence-corrected chi connectivity index (χ3v) is 9.81. The SMILES string of the molecule is CCOC(=O)C(c1cccc(C)c1C1CCC(OC(F)(F)F)CC1)N(C)CC[C@@H](c1cc(Cl)ccc1F)N1CCN(C(C)C)CC1. The van der Waals surface area contributed by atoms with Crippen LogP contribution in [0.5, 0.6) is 0 Å². The Balaban J connectivity index is 1.60. The number of rotatable bonds is 12. The summed E-state index contributed by atoms with van der Waals surface area (Å²) in [5, 5.41) is 0.472. The molecule has 46 heavy (non-hydrogen) atoms. The molecule has 1 saturated carbocycles. The standard InChI is InChI=1S/C35H48ClF4N3O3/c1-6-45-34(44)33(28-9-7-8-24(4)32(28)25-10-13-27(14-11-25)46-35(38,39)40)41(5)17-16-31(29-22-26(36)12-15-30(29)37)43-20-18-42(19-21-43)23(2)3/h7-9,12,15,22-23,25,27,31,33H,6,10-11,13-14,16-21H2,1-5H3/t25?,27?,31-,33?/m0/s1. The summed E-state index contributed by atoms with van der Waals surface area (Å²) in [5.41, 5.74) is 3.32. The minimum absolute atomic E-state index is 0.0137. The summed E-state index contributed by atoms with van der Waals surface area (Å²) in [6.07, 6.45) is -3.35. The van der Waals surface area contributed by atoms with E-state index in [9.17, 15) is 18.0 Å². The molecule has 1 aliphatic heterocycles. The number of aryl methyl sites for hydroxylation is 1. The third kappa shape index (κ3) is 9.43. The molecule has 1 saturated heterocycles. The first-order chi connectivity index (χ1) is 21.8. The highest BCUT2D eigenvalue weighted by atomic mass is 35.5. The van der Waals surface area contributed by atoms with Crippen LogP contribution in [-0.2, 0) is 14.3 Å². The molecule has 1 heterocycles. The first-order valence-corrected chi connectivity index (χ1v) is 16.8. The fourth-order valence-electron chi connectivity index (χ4n) is 7.25. The van der Waals surface area contributed by atoms with E-state index in [1.165, 1.54) is 6.07 Å². The van der Waals surface area contributed by atoms with E-state index in [-0.39, 0.29) is 43.2 Å². The van der Waals surface area contributed by atoms with Gasteiger partial charge in [-0.2, -0.15) is 0 Å². The molecule has 2 fully saturated rings. The summed E-state index contributed by atoms with van der Waals surface area (Å²) in [5.74, 6) is -0.710. The number of hydrogen-bond donors (Lipinski definition) is 0. The fraction of sp³-hybridized carbons (Fsp3) is 0.629. The van der Waals surface area contributed by atoms with Gasteiger partial charge in [-0.15, -0.1) is 13.2 Å². The molecule has 0 aromatic heterocycles. The highest BCUT2D eigenvalue weighted by molar-refractivity contribution is 6.30. The van der Waals surface area contributed by atoms with Gasteiger partial charge in [0.2, 0.25) is 0 Å². The molecule has 0 radical (unpaired) electrons. The zero-order valence-electron chi connectivity index (χ0n) is 27.6. The highest BCUT2D eigenvalue weighted by Crippen LogP contribution is 2.42. The van der Waals surface area contributed by atoms with Gasteiger partial charge < -0.3 is 4.74 Å². The van der Waals surface area contributed by atoms with Crippen LogP contribution in [0.2, 0.25) is 5.02 Å². The molecular formula is C35H48ClF4N3O3. The van der Waals surface area contributed by atoms with Crippen molar-refractivity contribution in [3.8, 4) is 0 Å². The van der Waals surface area contributed by atoms with E-state index in [4.69, 9.17) is 16.3 Å². The summed E-state index contributed by atoms with van der Waals surface area (Å²) in [6.45, 7) is 12.1. The largest absolute Gasteiger partial charge is 0.522 e. The Bertz CT molecular complexity index is 1290. The van der Waals surface area contributed by atoms with Crippen LogP contribution in [0.4, 0.5) is 17.6 Å². The molecule has 2 aromatic carbocycles. The smallest absolute Gasteiger partial charge is 0.465 e. The van der Waals surface area contributed by atoms with Crippen molar-refractivity contribution in [1.29, 1.82) is 0 Å². The second kappa shape index (κ2) is 16.2. The minimum Gasteiger partial charge on any atom is -0.465 e. The number of hydrogen-bond acceptors (Lipinski definition) is 6. The lowest BCUT2D eigenvalue weighted by molar-refractivity contribution is -0.345. The average Bonchev–Trinajstić information content (AvgIpc) is 2.99. The molecule has 0 bridgehead atoms. The number of esters is 1. The van der Waals surface area contributed by atoms with Gasteiger partial charge in [0.25, 0.3) is 0 Å². The van der Waals surface area contributed by atoms with Crippen LogP contribution in [0.3, 0.4) is 0 Å². The maximum atomic E-state index is 15.3. The van der Waals surface area contributed by atoms with Crippen molar-refractivity contribution in [2.45, 2.75) is 96.3 Å². The monoisotopic (exact) mass is 669 g/mol. The second-order valence-electron chi connectivity index (χ2n) is 12.9. The molecule has 2 aromatic rings. The number of benzene rings is 2. The first-order valence-electron chi connectivity index (χ1n) is 16.4. The van der Waals surface area contributed by atoms with Crippen LogP contribution in [-0.4, -0.2) is 85.6 Å². The van der Waals surface area contributed by atoms with E-state index in [1.54, 1.807) is 19.1 Å². The van der Waals surface area contributed by atoms with E-state index in [0.717, 1.165) is 42.9 Å². The van der Waals surface area contributed by atoms with Gasteiger partial charge in [-0.25, -0.2) is 9.18 Å². The van der Waals surface area contributed by atoms with E-state index < -0.39 is 18.5 Å². The van der Waals surface area contributed by atoms with Crippen LogP contribution in [0.15, 0.2) is 36.4 Å². The topological polar surface area (TPSA) is 45.3 Å². The van der Waals surface area contributed by atoms with Crippen molar-refractivity contribution in [3.63, 3.8) is 0 Å². The summed E-state index contributed by atoms with van der Waals surface area (Å²) >= 11 is 6.35. The first kappa shape index (κ1) is 36.6. The van der Waals surface area contributed by atoms with Crippen molar-refractivity contribution in [3.05, 3.63) is 69.5 Å². The Kier molecular flexibility index (Phi) is 12.9. The van der Waals surface area contributed by atoms with Crippen molar-refractivity contribution < 1.29 is 31.8 Å². The quantitative estimate of drug-likeness (QED) is 0.168. The van der Waals surface area contributed by atoms with Crippen molar-refractivity contribution >= 4 is 17.6 Å². The average molecular weight is 670 g/mol. The molecule has 6 nitrogen and oxygen atoms in total. The molecule has 0 spiro atoms. The van der Waals surface area contributed by atoms with Crippen molar-refractivity contribution in [2.75, 3.05) is 46.4 Å². The van der Waals surface area contributed by atoms with E-state index in [1.807, 2.05) is 37.1 Å². The van der Waals surface area contributed by atoms with Gasteiger partial charge in [0.05, 0.1) is 12.7 Å². The van der Waals surface area contributed by atoms with Crippen LogP contribution < -0.4 is 0 Å². The molecule has 1 aliphatic carbocycles. The van der Waals surface area contributed by atoms with Crippen molar-refractivity contribution in [1.82, 2.24) is 14.7 Å². The third-order valence-electron chi connectivity index (χ3n) is 9.58. The number of carbonyl (C=O) groups excluding carboxylic acids is 1.